The molecule has 0 aliphatic carbocycles. The molecule has 2 aromatic rings. The largest absolute Gasteiger partial charge is 0.468 e. The van der Waals surface area contributed by atoms with E-state index in [0.717, 1.165) is 19.5 Å². The summed E-state index contributed by atoms with van der Waals surface area (Å²) in [6.07, 6.45) is -2.05. The summed E-state index contributed by atoms with van der Waals surface area (Å²) in [4.78, 5) is 10.4. The number of hydrogen-bond donors (Lipinski definition) is 2. The van der Waals surface area contributed by atoms with Gasteiger partial charge in [0.2, 0.25) is 5.88 Å². The molecule has 1 atom stereocenters. The maximum atomic E-state index is 12.4. The van der Waals surface area contributed by atoms with E-state index >= 15 is 0 Å². The molecule has 9 heteroatoms. The fourth-order valence-corrected chi connectivity index (χ4v) is 3.27. The Morgan fingerprint density at radius 3 is 2.73 bits per heavy atom. The smallest absolute Gasteiger partial charge is 0.422 e. The number of halogens is 3. The minimum atomic E-state index is -4.41. The number of aliphatic imine (C=N–C) groups is 1. The number of benzene rings is 1. The molecule has 2 N–H and O–H groups in total. The number of aromatic nitrogens is 1. The first-order chi connectivity index (χ1) is 14.3. The minimum absolute atomic E-state index is 0.0378. The van der Waals surface area contributed by atoms with E-state index in [1.807, 2.05) is 0 Å². The van der Waals surface area contributed by atoms with Crippen LogP contribution in [0.5, 0.6) is 5.88 Å². The van der Waals surface area contributed by atoms with Crippen molar-refractivity contribution in [1.82, 2.24) is 15.6 Å². The van der Waals surface area contributed by atoms with Crippen LogP contribution in [0.3, 0.4) is 0 Å². The molecule has 1 aromatic heterocycles. The van der Waals surface area contributed by atoms with Gasteiger partial charge in [-0.05, 0) is 31.5 Å². The molecule has 30 heavy (non-hydrogen) atoms. The predicted molar refractivity (Wildman–Crippen MR) is 111 cm³/mol. The van der Waals surface area contributed by atoms with Crippen molar-refractivity contribution < 1.29 is 17.9 Å². The van der Waals surface area contributed by atoms with Crippen LogP contribution >= 0.6 is 0 Å². The van der Waals surface area contributed by atoms with Crippen molar-refractivity contribution in [3.8, 4) is 5.88 Å². The van der Waals surface area contributed by atoms with Gasteiger partial charge in [-0.25, -0.2) is 4.98 Å². The molecule has 1 fully saturated rings. The van der Waals surface area contributed by atoms with Gasteiger partial charge in [-0.15, -0.1) is 0 Å². The zero-order valence-corrected chi connectivity index (χ0v) is 17.0. The van der Waals surface area contributed by atoms with E-state index in [4.69, 9.17) is 4.74 Å². The van der Waals surface area contributed by atoms with E-state index < -0.39 is 12.8 Å². The Morgan fingerprint density at radius 2 is 2.03 bits per heavy atom. The van der Waals surface area contributed by atoms with Crippen LogP contribution in [0.2, 0.25) is 0 Å². The minimum Gasteiger partial charge on any atom is -0.468 e. The third kappa shape index (κ3) is 6.27. The molecule has 1 aliphatic rings. The third-order valence-electron chi connectivity index (χ3n) is 4.82. The lowest BCUT2D eigenvalue weighted by Gasteiger charge is -2.21. The normalized spacial score (nSPS) is 17.2. The molecule has 0 saturated carbocycles. The van der Waals surface area contributed by atoms with Gasteiger partial charge < -0.3 is 20.3 Å². The van der Waals surface area contributed by atoms with Crippen LogP contribution in [0.25, 0.3) is 0 Å². The molecule has 1 aromatic carbocycles. The molecule has 0 spiro atoms. The lowest BCUT2D eigenvalue weighted by atomic mass is 10.2. The summed E-state index contributed by atoms with van der Waals surface area (Å²) < 4.78 is 42.2. The van der Waals surface area contributed by atoms with Crippen molar-refractivity contribution in [3.05, 3.63) is 53.7 Å². The average molecular weight is 421 g/mol. The number of hydrogen-bond acceptors (Lipinski definition) is 4. The van der Waals surface area contributed by atoms with Gasteiger partial charge in [0.05, 0.1) is 0 Å². The number of alkyl halides is 3. The number of nitrogens with zero attached hydrogens (tertiary/aromatic N) is 3. The zero-order valence-electron chi connectivity index (χ0n) is 17.0. The summed E-state index contributed by atoms with van der Waals surface area (Å²) >= 11 is 0. The van der Waals surface area contributed by atoms with Crippen LogP contribution in [-0.2, 0) is 6.54 Å². The highest BCUT2D eigenvalue weighted by molar-refractivity contribution is 5.80. The second-order valence-corrected chi connectivity index (χ2v) is 7.21. The first-order valence-electron chi connectivity index (χ1n) is 9.76. The highest BCUT2D eigenvalue weighted by atomic mass is 19.4. The number of anilines is 1. The molecule has 0 radical (unpaired) electrons. The quantitative estimate of drug-likeness (QED) is 0.554. The number of guanidine groups is 1. The van der Waals surface area contributed by atoms with Gasteiger partial charge in [0.15, 0.2) is 12.6 Å². The van der Waals surface area contributed by atoms with Crippen LogP contribution in [0, 0.1) is 6.92 Å². The maximum Gasteiger partial charge on any atom is 0.422 e. The van der Waals surface area contributed by atoms with E-state index in [9.17, 15) is 13.2 Å². The summed E-state index contributed by atoms with van der Waals surface area (Å²) in [7, 11) is 1.66. The Kier molecular flexibility index (Phi) is 7.02. The summed E-state index contributed by atoms with van der Waals surface area (Å²) in [6.45, 7) is 2.72. The van der Waals surface area contributed by atoms with Gasteiger partial charge in [0, 0.05) is 50.2 Å². The first kappa shape index (κ1) is 21.7. The molecular weight excluding hydrogens is 395 g/mol. The van der Waals surface area contributed by atoms with Crippen molar-refractivity contribution in [2.24, 2.45) is 4.99 Å². The number of rotatable bonds is 6. The highest BCUT2D eigenvalue weighted by Gasteiger charge is 2.29. The lowest BCUT2D eigenvalue weighted by Crippen LogP contribution is -2.44. The number of pyridine rings is 1. The lowest BCUT2D eigenvalue weighted by molar-refractivity contribution is -0.154. The number of aryl methyl sites for hydroxylation is 1. The predicted octanol–water partition coefficient (Wildman–Crippen LogP) is 3.28. The molecule has 1 saturated heterocycles. The third-order valence-corrected chi connectivity index (χ3v) is 4.82. The Balaban J connectivity index is 1.53. The van der Waals surface area contributed by atoms with Crippen molar-refractivity contribution >= 4 is 11.6 Å². The molecule has 0 bridgehead atoms. The van der Waals surface area contributed by atoms with Crippen LogP contribution in [0.1, 0.15) is 17.5 Å². The van der Waals surface area contributed by atoms with Crippen LogP contribution in [0.4, 0.5) is 18.9 Å². The molecule has 1 aliphatic heterocycles. The SMILES string of the molecule is CN=C(NCc1cccnc1OCC(F)(F)F)NC1CCN(c2ccc(C)cc2)C1. The van der Waals surface area contributed by atoms with Gasteiger partial charge in [-0.2, -0.15) is 13.2 Å². The van der Waals surface area contributed by atoms with Crippen molar-refractivity contribution in [2.45, 2.75) is 32.1 Å². The fourth-order valence-electron chi connectivity index (χ4n) is 3.27. The topological polar surface area (TPSA) is 61.8 Å². The Morgan fingerprint density at radius 1 is 1.27 bits per heavy atom. The molecule has 0 amide bonds. The van der Waals surface area contributed by atoms with E-state index in [2.05, 4.69) is 56.7 Å². The van der Waals surface area contributed by atoms with Gasteiger partial charge in [-0.1, -0.05) is 23.8 Å². The molecule has 1 unspecified atom stereocenters. The second kappa shape index (κ2) is 9.69. The van der Waals surface area contributed by atoms with E-state index in [0.29, 0.717) is 11.5 Å². The van der Waals surface area contributed by atoms with E-state index in [-0.39, 0.29) is 18.5 Å². The molecule has 3 rings (SSSR count). The highest BCUT2D eigenvalue weighted by Crippen LogP contribution is 2.21. The second-order valence-electron chi connectivity index (χ2n) is 7.21. The van der Waals surface area contributed by atoms with Gasteiger partial charge >= 0.3 is 6.18 Å². The zero-order chi connectivity index (χ0) is 21.6. The standard InChI is InChI=1S/C21H26F3N5O/c1-15-5-7-18(8-6-15)29-11-9-17(13-29)28-20(25-2)27-12-16-4-3-10-26-19(16)30-14-21(22,23)24/h3-8,10,17H,9,11-14H2,1-2H3,(H2,25,27,28). The van der Waals surface area contributed by atoms with Gasteiger partial charge in [-0.3, -0.25) is 4.99 Å². The maximum absolute atomic E-state index is 12.4. The van der Waals surface area contributed by atoms with Crippen molar-refractivity contribution in [2.75, 3.05) is 31.6 Å². The monoisotopic (exact) mass is 421 g/mol. The Bertz CT molecular complexity index is 854. The Hall–Kier alpha value is -2.97. The van der Waals surface area contributed by atoms with Gasteiger partial charge in [0.1, 0.15) is 0 Å². The van der Waals surface area contributed by atoms with Gasteiger partial charge in [0.25, 0.3) is 0 Å². The first-order valence-corrected chi connectivity index (χ1v) is 9.76. The average Bonchev–Trinajstić information content (AvgIpc) is 3.18. The molecule has 2 heterocycles. The summed E-state index contributed by atoms with van der Waals surface area (Å²) in [5, 5.41) is 6.51. The summed E-state index contributed by atoms with van der Waals surface area (Å²) in [5.74, 6) is 0.542. The number of nitrogens with one attached hydrogen (secondary N) is 2. The van der Waals surface area contributed by atoms with Crippen LogP contribution < -0.4 is 20.3 Å². The summed E-state index contributed by atoms with van der Waals surface area (Å²) in [6, 6.07) is 12.0. The van der Waals surface area contributed by atoms with Crippen molar-refractivity contribution in [3.63, 3.8) is 0 Å². The van der Waals surface area contributed by atoms with Crippen LogP contribution in [-0.4, -0.2) is 49.9 Å². The molecule has 162 valence electrons. The summed E-state index contributed by atoms with van der Waals surface area (Å²) in [5.41, 5.74) is 2.94. The molecular formula is C21H26F3N5O. The Labute approximate surface area is 174 Å². The fraction of sp³-hybridized carbons (Fsp3) is 0.429. The van der Waals surface area contributed by atoms with E-state index in [1.54, 1.807) is 19.2 Å². The van der Waals surface area contributed by atoms with E-state index in [1.165, 1.54) is 17.4 Å². The van der Waals surface area contributed by atoms with Crippen LogP contribution in [0.15, 0.2) is 47.6 Å². The van der Waals surface area contributed by atoms with Crippen molar-refractivity contribution in [1.29, 1.82) is 0 Å². The molecule has 6 nitrogen and oxygen atoms in total. The number of ether oxygens (including phenoxy) is 1.